The van der Waals surface area contributed by atoms with Gasteiger partial charge in [0, 0.05) is 19.1 Å². The molecular weight excluding hydrogens is 268 g/mol. The molecule has 2 unspecified atom stereocenters. The van der Waals surface area contributed by atoms with E-state index in [1.165, 1.54) is 0 Å². The van der Waals surface area contributed by atoms with Crippen LogP contribution in [0.25, 0.3) is 0 Å². The lowest BCUT2D eigenvalue weighted by Crippen LogP contribution is -2.48. The van der Waals surface area contributed by atoms with Gasteiger partial charge in [-0.1, -0.05) is 13.3 Å². The van der Waals surface area contributed by atoms with E-state index in [1.54, 1.807) is 4.90 Å². The van der Waals surface area contributed by atoms with E-state index in [0.29, 0.717) is 13.1 Å². The molecule has 1 saturated heterocycles. The van der Waals surface area contributed by atoms with Gasteiger partial charge in [-0.05, 0) is 47.0 Å². The van der Waals surface area contributed by atoms with Crippen LogP contribution in [0.2, 0.25) is 0 Å². The highest BCUT2D eigenvalue weighted by atomic mass is 16.6. The van der Waals surface area contributed by atoms with E-state index in [9.17, 15) is 9.59 Å². The lowest BCUT2D eigenvalue weighted by atomic mass is 9.97. The van der Waals surface area contributed by atoms with Crippen molar-refractivity contribution in [2.45, 2.75) is 71.9 Å². The van der Waals surface area contributed by atoms with Gasteiger partial charge in [0.1, 0.15) is 5.60 Å². The van der Waals surface area contributed by atoms with Gasteiger partial charge in [0.2, 0.25) is 5.91 Å². The van der Waals surface area contributed by atoms with Crippen molar-refractivity contribution in [3.63, 3.8) is 0 Å². The molecule has 1 aliphatic heterocycles. The van der Waals surface area contributed by atoms with Gasteiger partial charge < -0.3 is 15.0 Å². The van der Waals surface area contributed by atoms with Crippen LogP contribution in [0, 0.1) is 5.92 Å². The number of piperidine rings is 1. The van der Waals surface area contributed by atoms with Crippen LogP contribution in [-0.2, 0) is 9.53 Å². The summed E-state index contributed by atoms with van der Waals surface area (Å²) in [5.41, 5.74) is -0.498. The van der Waals surface area contributed by atoms with Crippen molar-refractivity contribution in [3.8, 4) is 0 Å². The number of hydrogen-bond acceptors (Lipinski definition) is 3. The first-order chi connectivity index (χ1) is 9.73. The van der Waals surface area contributed by atoms with Gasteiger partial charge in [0.05, 0.1) is 5.92 Å². The van der Waals surface area contributed by atoms with Crippen LogP contribution in [0.3, 0.4) is 0 Å². The van der Waals surface area contributed by atoms with Crippen LogP contribution in [0.4, 0.5) is 4.79 Å². The van der Waals surface area contributed by atoms with Gasteiger partial charge in [0.15, 0.2) is 0 Å². The molecule has 0 saturated carbocycles. The van der Waals surface area contributed by atoms with Gasteiger partial charge >= 0.3 is 6.09 Å². The van der Waals surface area contributed by atoms with Crippen molar-refractivity contribution in [1.29, 1.82) is 0 Å². The van der Waals surface area contributed by atoms with E-state index in [0.717, 1.165) is 25.7 Å². The standard InChI is InChI=1S/C16H30N2O3/c1-6-8-12(2)17-14(19)13-9-7-10-18(11-13)15(20)21-16(3,4)5/h12-13H,6-11H2,1-5H3,(H,17,19). The fourth-order valence-electron chi connectivity index (χ4n) is 2.55. The van der Waals surface area contributed by atoms with Gasteiger partial charge in [-0.2, -0.15) is 0 Å². The number of likely N-dealkylation sites (tertiary alicyclic amines) is 1. The Labute approximate surface area is 128 Å². The van der Waals surface area contributed by atoms with E-state index in [-0.39, 0.29) is 24.0 Å². The second-order valence-electron chi connectivity index (χ2n) is 6.96. The number of hydrogen-bond donors (Lipinski definition) is 1. The second-order valence-corrected chi connectivity index (χ2v) is 6.96. The molecule has 2 atom stereocenters. The number of ether oxygens (including phenoxy) is 1. The zero-order valence-corrected chi connectivity index (χ0v) is 14.1. The van der Waals surface area contributed by atoms with E-state index < -0.39 is 5.60 Å². The summed E-state index contributed by atoms with van der Waals surface area (Å²) in [6.07, 6.45) is 3.40. The Kier molecular flexibility index (Phi) is 6.49. The molecule has 122 valence electrons. The summed E-state index contributed by atoms with van der Waals surface area (Å²) >= 11 is 0. The molecule has 5 nitrogen and oxygen atoms in total. The number of nitrogens with one attached hydrogen (secondary N) is 1. The molecule has 0 spiro atoms. The van der Waals surface area contributed by atoms with Crippen molar-refractivity contribution in [1.82, 2.24) is 10.2 Å². The molecule has 5 heteroatoms. The summed E-state index contributed by atoms with van der Waals surface area (Å²) < 4.78 is 5.38. The lowest BCUT2D eigenvalue weighted by Gasteiger charge is -2.34. The molecule has 21 heavy (non-hydrogen) atoms. The summed E-state index contributed by atoms with van der Waals surface area (Å²) in [6.45, 7) is 10.8. The van der Waals surface area contributed by atoms with E-state index in [2.05, 4.69) is 12.2 Å². The number of rotatable bonds is 4. The summed E-state index contributed by atoms with van der Waals surface area (Å²) in [4.78, 5) is 26.0. The van der Waals surface area contributed by atoms with Crippen LogP contribution in [-0.4, -0.2) is 41.6 Å². The first kappa shape index (κ1) is 17.8. The lowest BCUT2D eigenvalue weighted by molar-refractivity contribution is -0.127. The SMILES string of the molecule is CCCC(C)NC(=O)C1CCCN(C(=O)OC(C)(C)C)C1. The smallest absolute Gasteiger partial charge is 0.410 e. The van der Waals surface area contributed by atoms with Crippen LogP contribution in [0.15, 0.2) is 0 Å². The van der Waals surface area contributed by atoms with E-state index >= 15 is 0 Å². The minimum Gasteiger partial charge on any atom is -0.444 e. The largest absolute Gasteiger partial charge is 0.444 e. The third-order valence-electron chi connectivity index (χ3n) is 3.55. The molecular formula is C16H30N2O3. The highest BCUT2D eigenvalue weighted by Gasteiger charge is 2.31. The average molecular weight is 298 g/mol. The first-order valence-corrected chi connectivity index (χ1v) is 8.01. The zero-order valence-electron chi connectivity index (χ0n) is 14.1. The second kappa shape index (κ2) is 7.66. The molecule has 0 aromatic rings. The van der Waals surface area contributed by atoms with E-state index in [1.807, 2.05) is 27.7 Å². The van der Waals surface area contributed by atoms with Crippen LogP contribution >= 0.6 is 0 Å². The Bertz CT molecular complexity index is 363. The minimum absolute atomic E-state index is 0.0595. The monoisotopic (exact) mass is 298 g/mol. The van der Waals surface area contributed by atoms with Gasteiger partial charge in [0.25, 0.3) is 0 Å². The predicted octanol–water partition coefficient (Wildman–Crippen LogP) is 2.94. The molecule has 2 amide bonds. The fourth-order valence-corrected chi connectivity index (χ4v) is 2.55. The summed E-state index contributed by atoms with van der Waals surface area (Å²) in [5.74, 6) is -0.0604. The van der Waals surface area contributed by atoms with E-state index in [4.69, 9.17) is 4.74 Å². The van der Waals surface area contributed by atoms with Gasteiger partial charge in [-0.15, -0.1) is 0 Å². The highest BCUT2D eigenvalue weighted by Crippen LogP contribution is 2.19. The highest BCUT2D eigenvalue weighted by molar-refractivity contribution is 5.80. The van der Waals surface area contributed by atoms with Crippen LogP contribution in [0.1, 0.15) is 60.3 Å². The third kappa shape index (κ3) is 6.36. The maximum Gasteiger partial charge on any atom is 0.410 e. The molecule has 0 aromatic carbocycles. The molecule has 0 radical (unpaired) electrons. The summed E-state index contributed by atoms with van der Waals surface area (Å²) in [5, 5.41) is 3.04. The van der Waals surface area contributed by atoms with Crippen molar-refractivity contribution in [3.05, 3.63) is 0 Å². The average Bonchev–Trinajstić information content (AvgIpc) is 2.37. The molecule has 0 bridgehead atoms. The molecule has 1 heterocycles. The Balaban J connectivity index is 2.51. The van der Waals surface area contributed by atoms with Crippen molar-refractivity contribution >= 4 is 12.0 Å². The van der Waals surface area contributed by atoms with Gasteiger partial charge in [-0.3, -0.25) is 4.79 Å². The number of carbonyl (C=O) groups excluding carboxylic acids is 2. The summed E-state index contributed by atoms with van der Waals surface area (Å²) in [7, 11) is 0. The normalized spacial score (nSPS) is 20.8. The quantitative estimate of drug-likeness (QED) is 0.868. The molecule has 1 aliphatic rings. The summed E-state index contributed by atoms with van der Waals surface area (Å²) in [6, 6.07) is 0.194. The Morgan fingerprint density at radius 2 is 2.05 bits per heavy atom. The number of amides is 2. The zero-order chi connectivity index (χ0) is 16.0. The Morgan fingerprint density at radius 3 is 2.62 bits per heavy atom. The van der Waals surface area contributed by atoms with Crippen molar-refractivity contribution in [2.75, 3.05) is 13.1 Å². The molecule has 0 aliphatic carbocycles. The van der Waals surface area contributed by atoms with Gasteiger partial charge in [-0.25, -0.2) is 4.79 Å². The first-order valence-electron chi connectivity index (χ1n) is 8.01. The molecule has 0 aromatic heterocycles. The minimum atomic E-state index is -0.498. The third-order valence-corrected chi connectivity index (χ3v) is 3.55. The maximum atomic E-state index is 12.2. The van der Waals surface area contributed by atoms with Crippen molar-refractivity contribution in [2.24, 2.45) is 5.92 Å². The maximum absolute atomic E-state index is 12.2. The number of carbonyl (C=O) groups is 2. The fraction of sp³-hybridized carbons (Fsp3) is 0.875. The Hall–Kier alpha value is -1.26. The number of nitrogens with zero attached hydrogens (tertiary/aromatic N) is 1. The van der Waals surface area contributed by atoms with Crippen LogP contribution in [0.5, 0.6) is 0 Å². The van der Waals surface area contributed by atoms with Crippen LogP contribution < -0.4 is 5.32 Å². The predicted molar refractivity (Wildman–Crippen MR) is 83.0 cm³/mol. The molecule has 1 rings (SSSR count). The molecule has 1 fully saturated rings. The Morgan fingerprint density at radius 1 is 1.38 bits per heavy atom. The molecule has 1 N–H and O–H groups in total. The topological polar surface area (TPSA) is 58.6 Å². The van der Waals surface area contributed by atoms with Crippen molar-refractivity contribution < 1.29 is 14.3 Å².